The van der Waals surface area contributed by atoms with Crippen LogP contribution in [0, 0.1) is 12.8 Å². The van der Waals surface area contributed by atoms with Gasteiger partial charge in [-0.05, 0) is 44.6 Å². The minimum atomic E-state index is -0.199. The highest BCUT2D eigenvalue weighted by Gasteiger charge is 2.32. The largest absolute Gasteiger partial charge is 0.392 e. The molecule has 1 aliphatic heterocycles. The van der Waals surface area contributed by atoms with E-state index < -0.39 is 0 Å². The number of hydrogen-bond acceptors (Lipinski definition) is 3. The molecular weight excluding hydrogens is 284 g/mol. The number of aliphatic hydroxyl groups excluding tert-OH is 1. The molecule has 1 aliphatic carbocycles. The summed E-state index contributed by atoms with van der Waals surface area (Å²) in [6, 6.07) is 9.31. The summed E-state index contributed by atoms with van der Waals surface area (Å²) >= 11 is 0. The van der Waals surface area contributed by atoms with Crippen LogP contribution in [0.1, 0.15) is 49.7 Å². The average molecular weight is 316 g/mol. The maximum atomic E-state index is 10.9. The lowest BCUT2D eigenvalue weighted by molar-refractivity contribution is 0.0796. The molecule has 1 aromatic rings. The molecule has 3 nitrogen and oxygen atoms in total. The quantitative estimate of drug-likeness (QED) is 0.842. The van der Waals surface area contributed by atoms with Crippen LogP contribution in [-0.4, -0.2) is 48.3 Å². The first kappa shape index (κ1) is 16.9. The summed E-state index contributed by atoms with van der Waals surface area (Å²) in [6.07, 6.45) is 4.36. The van der Waals surface area contributed by atoms with Crippen molar-refractivity contribution in [3.8, 4) is 0 Å². The molecule has 3 heteroatoms. The predicted molar refractivity (Wildman–Crippen MR) is 95.8 cm³/mol. The van der Waals surface area contributed by atoms with Gasteiger partial charge < -0.3 is 10.4 Å². The lowest BCUT2D eigenvalue weighted by atomic mass is 9.86. The monoisotopic (exact) mass is 316 g/mol. The Morgan fingerprint density at radius 3 is 2.74 bits per heavy atom. The van der Waals surface area contributed by atoms with Gasteiger partial charge in [0.15, 0.2) is 0 Å². The Balaban J connectivity index is 1.66. The van der Waals surface area contributed by atoms with Crippen molar-refractivity contribution in [3.63, 3.8) is 0 Å². The zero-order valence-electron chi connectivity index (χ0n) is 14.7. The summed E-state index contributed by atoms with van der Waals surface area (Å²) in [5.74, 6) is 0.938. The smallest absolute Gasteiger partial charge is 0.0611 e. The first-order chi connectivity index (χ1) is 11.1. The van der Waals surface area contributed by atoms with Crippen molar-refractivity contribution in [1.82, 2.24) is 10.2 Å². The summed E-state index contributed by atoms with van der Waals surface area (Å²) in [5, 5.41) is 14.3. The molecular formula is C20H32N2O. The van der Waals surface area contributed by atoms with Gasteiger partial charge in [0.2, 0.25) is 0 Å². The van der Waals surface area contributed by atoms with Crippen LogP contribution < -0.4 is 5.32 Å². The van der Waals surface area contributed by atoms with E-state index in [4.69, 9.17) is 0 Å². The number of aryl methyl sites for hydroxylation is 1. The fourth-order valence-electron chi connectivity index (χ4n) is 4.50. The van der Waals surface area contributed by atoms with E-state index >= 15 is 0 Å². The van der Waals surface area contributed by atoms with E-state index in [1.807, 2.05) is 0 Å². The molecule has 0 aromatic heterocycles. The maximum absolute atomic E-state index is 10.9. The van der Waals surface area contributed by atoms with E-state index in [-0.39, 0.29) is 6.10 Å². The first-order valence-corrected chi connectivity index (χ1v) is 9.34. The highest BCUT2D eigenvalue weighted by molar-refractivity contribution is 5.26. The van der Waals surface area contributed by atoms with Crippen LogP contribution in [0.15, 0.2) is 24.3 Å². The topological polar surface area (TPSA) is 35.5 Å². The zero-order chi connectivity index (χ0) is 16.2. The molecule has 4 atom stereocenters. The second-order valence-corrected chi connectivity index (χ2v) is 7.54. The number of nitrogens with one attached hydrogen (secondary N) is 1. The Kier molecular flexibility index (Phi) is 5.73. The molecule has 0 spiro atoms. The number of rotatable bonds is 3. The van der Waals surface area contributed by atoms with E-state index in [1.165, 1.54) is 24.0 Å². The molecule has 1 saturated carbocycles. The van der Waals surface area contributed by atoms with Crippen molar-refractivity contribution in [3.05, 3.63) is 35.4 Å². The van der Waals surface area contributed by atoms with E-state index in [0.29, 0.717) is 17.9 Å². The van der Waals surface area contributed by atoms with Gasteiger partial charge in [-0.1, -0.05) is 36.2 Å². The van der Waals surface area contributed by atoms with Crippen molar-refractivity contribution in [2.45, 2.75) is 57.6 Å². The number of nitrogens with zero attached hydrogens (tertiary/aromatic N) is 1. The van der Waals surface area contributed by atoms with Gasteiger partial charge in [-0.2, -0.15) is 0 Å². The van der Waals surface area contributed by atoms with E-state index in [0.717, 1.165) is 39.0 Å². The molecule has 0 amide bonds. The van der Waals surface area contributed by atoms with Crippen LogP contribution in [0.4, 0.5) is 0 Å². The van der Waals surface area contributed by atoms with Crippen LogP contribution >= 0.6 is 0 Å². The Labute approximate surface area is 141 Å². The SMILES string of the molecule is Cc1cccc(C2CCCC(C(C)N3CCNCC3)CC2O)c1. The van der Waals surface area contributed by atoms with E-state index in [9.17, 15) is 5.11 Å². The fraction of sp³-hybridized carbons (Fsp3) is 0.700. The molecule has 3 rings (SSSR count). The number of piperazine rings is 1. The van der Waals surface area contributed by atoms with Gasteiger partial charge in [0.25, 0.3) is 0 Å². The minimum absolute atomic E-state index is 0.199. The van der Waals surface area contributed by atoms with Crippen molar-refractivity contribution in [1.29, 1.82) is 0 Å². The molecule has 1 aromatic carbocycles. The van der Waals surface area contributed by atoms with E-state index in [1.54, 1.807) is 0 Å². The van der Waals surface area contributed by atoms with Gasteiger partial charge in [-0.3, -0.25) is 4.90 Å². The van der Waals surface area contributed by atoms with Crippen LogP contribution in [0.2, 0.25) is 0 Å². The zero-order valence-corrected chi connectivity index (χ0v) is 14.7. The van der Waals surface area contributed by atoms with Gasteiger partial charge in [0.05, 0.1) is 6.10 Å². The molecule has 23 heavy (non-hydrogen) atoms. The summed E-state index contributed by atoms with van der Waals surface area (Å²) < 4.78 is 0. The van der Waals surface area contributed by atoms with Crippen LogP contribution in [0.5, 0.6) is 0 Å². The Morgan fingerprint density at radius 2 is 2.00 bits per heavy atom. The maximum Gasteiger partial charge on any atom is 0.0611 e. The molecule has 4 unspecified atom stereocenters. The Morgan fingerprint density at radius 1 is 1.22 bits per heavy atom. The van der Waals surface area contributed by atoms with Crippen LogP contribution in [0.25, 0.3) is 0 Å². The Bertz CT molecular complexity index is 498. The third kappa shape index (κ3) is 4.14. The Hall–Kier alpha value is -0.900. The highest BCUT2D eigenvalue weighted by atomic mass is 16.3. The van der Waals surface area contributed by atoms with Crippen molar-refractivity contribution in [2.75, 3.05) is 26.2 Å². The fourth-order valence-corrected chi connectivity index (χ4v) is 4.50. The third-order valence-electron chi connectivity index (χ3n) is 5.98. The van der Waals surface area contributed by atoms with Gasteiger partial charge in [0, 0.05) is 38.1 Å². The molecule has 0 bridgehead atoms. The summed E-state index contributed by atoms with van der Waals surface area (Å²) in [7, 11) is 0. The molecule has 1 saturated heterocycles. The summed E-state index contributed by atoms with van der Waals surface area (Å²) in [5.41, 5.74) is 2.62. The molecule has 1 heterocycles. The van der Waals surface area contributed by atoms with Crippen LogP contribution in [0.3, 0.4) is 0 Å². The molecule has 0 radical (unpaired) electrons. The summed E-state index contributed by atoms with van der Waals surface area (Å²) in [4.78, 5) is 2.61. The second-order valence-electron chi connectivity index (χ2n) is 7.54. The normalized spacial score (nSPS) is 31.5. The third-order valence-corrected chi connectivity index (χ3v) is 5.98. The predicted octanol–water partition coefficient (Wildman–Crippen LogP) is 2.92. The molecule has 2 fully saturated rings. The lowest BCUT2D eigenvalue weighted by Crippen LogP contribution is -2.50. The number of hydrogen-bond donors (Lipinski definition) is 2. The highest BCUT2D eigenvalue weighted by Crippen LogP contribution is 2.36. The van der Waals surface area contributed by atoms with Crippen molar-refractivity contribution < 1.29 is 5.11 Å². The second kappa shape index (κ2) is 7.78. The standard InChI is InChI=1S/C20H32N2O/c1-15-5-3-7-18(13-15)19-8-4-6-17(14-20(19)23)16(2)22-11-9-21-10-12-22/h3,5,7,13,16-17,19-21,23H,4,6,8-12,14H2,1-2H3. The minimum Gasteiger partial charge on any atom is -0.392 e. The summed E-state index contributed by atoms with van der Waals surface area (Å²) in [6.45, 7) is 9.01. The molecule has 128 valence electrons. The average Bonchev–Trinajstić information content (AvgIpc) is 2.76. The number of benzene rings is 1. The van der Waals surface area contributed by atoms with Crippen molar-refractivity contribution in [2.24, 2.45) is 5.92 Å². The first-order valence-electron chi connectivity index (χ1n) is 9.34. The van der Waals surface area contributed by atoms with Gasteiger partial charge in [0.1, 0.15) is 0 Å². The van der Waals surface area contributed by atoms with E-state index in [2.05, 4.69) is 48.3 Å². The van der Waals surface area contributed by atoms with Gasteiger partial charge in [-0.15, -0.1) is 0 Å². The van der Waals surface area contributed by atoms with Gasteiger partial charge in [-0.25, -0.2) is 0 Å². The van der Waals surface area contributed by atoms with Gasteiger partial charge >= 0.3 is 0 Å². The molecule has 2 N–H and O–H groups in total. The van der Waals surface area contributed by atoms with Crippen molar-refractivity contribution >= 4 is 0 Å². The lowest BCUT2D eigenvalue weighted by Gasteiger charge is -2.37. The number of aliphatic hydroxyl groups is 1. The molecule has 2 aliphatic rings. The van der Waals surface area contributed by atoms with Crippen LogP contribution in [-0.2, 0) is 0 Å².